The first kappa shape index (κ1) is 17.1. The van der Waals surface area contributed by atoms with Crippen molar-refractivity contribution in [1.29, 1.82) is 0 Å². The molecule has 26 heavy (non-hydrogen) atoms. The van der Waals surface area contributed by atoms with Gasteiger partial charge in [0.15, 0.2) is 0 Å². The number of H-pyrrole nitrogens is 1. The van der Waals surface area contributed by atoms with Gasteiger partial charge in [-0.05, 0) is 12.1 Å². The van der Waals surface area contributed by atoms with Crippen LogP contribution in [0.4, 0.5) is 0 Å². The lowest BCUT2D eigenvalue weighted by molar-refractivity contribution is -0.120. The molecule has 0 bridgehead atoms. The van der Waals surface area contributed by atoms with Crippen molar-refractivity contribution in [3.8, 4) is 11.3 Å². The van der Waals surface area contributed by atoms with Crippen molar-refractivity contribution in [2.24, 2.45) is 5.10 Å². The van der Waals surface area contributed by atoms with Gasteiger partial charge in [0.05, 0.1) is 24.7 Å². The first-order chi connectivity index (χ1) is 12.7. The first-order valence-electron chi connectivity index (χ1n) is 7.98. The Kier molecular flexibility index (Phi) is 5.51. The summed E-state index contributed by atoms with van der Waals surface area (Å²) in [6, 6.07) is 18.4. The Morgan fingerprint density at radius 2 is 1.73 bits per heavy atom. The van der Waals surface area contributed by atoms with Gasteiger partial charge in [-0.1, -0.05) is 48.5 Å². The van der Waals surface area contributed by atoms with Crippen LogP contribution in [-0.2, 0) is 4.79 Å². The predicted molar refractivity (Wildman–Crippen MR) is 98.5 cm³/mol. The fourth-order valence-corrected chi connectivity index (χ4v) is 2.29. The number of rotatable bonds is 6. The highest BCUT2D eigenvalue weighted by Gasteiger charge is 2.07. The predicted octanol–water partition coefficient (Wildman–Crippen LogP) is 1.96. The molecule has 0 unspecified atom stereocenters. The first-order valence-corrected chi connectivity index (χ1v) is 7.98. The van der Waals surface area contributed by atoms with Gasteiger partial charge in [-0.25, -0.2) is 5.43 Å². The minimum Gasteiger partial charge on any atom is -0.343 e. The molecule has 2 amide bonds. The second-order valence-electron chi connectivity index (χ2n) is 5.41. The van der Waals surface area contributed by atoms with Gasteiger partial charge < -0.3 is 5.32 Å². The summed E-state index contributed by atoms with van der Waals surface area (Å²) in [7, 11) is 0. The van der Waals surface area contributed by atoms with E-state index in [1.54, 1.807) is 30.5 Å². The Hall–Kier alpha value is -3.74. The molecule has 1 aromatic heterocycles. The molecule has 2 aromatic carbocycles. The maximum absolute atomic E-state index is 11.9. The van der Waals surface area contributed by atoms with Crippen molar-refractivity contribution < 1.29 is 9.59 Å². The molecule has 0 atom stereocenters. The van der Waals surface area contributed by atoms with Crippen molar-refractivity contribution in [2.75, 3.05) is 6.54 Å². The van der Waals surface area contributed by atoms with Gasteiger partial charge in [0.1, 0.15) is 0 Å². The Morgan fingerprint density at radius 1 is 1.04 bits per heavy atom. The van der Waals surface area contributed by atoms with Gasteiger partial charge in [0.25, 0.3) is 11.8 Å². The molecular formula is C19H17N5O2. The number of carbonyl (C=O) groups excluding carboxylic acids is 2. The third-order valence-electron chi connectivity index (χ3n) is 3.57. The number of hydrogen-bond acceptors (Lipinski definition) is 4. The van der Waals surface area contributed by atoms with Gasteiger partial charge >= 0.3 is 0 Å². The minimum atomic E-state index is -0.421. The summed E-state index contributed by atoms with van der Waals surface area (Å²) >= 11 is 0. The normalized spacial score (nSPS) is 10.6. The fraction of sp³-hybridized carbons (Fsp3) is 0.0526. The lowest BCUT2D eigenvalue weighted by Crippen LogP contribution is -2.34. The van der Waals surface area contributed by atoms with E-state index >= 15 is 0 Å². The lowest BCUT2D eigenvalue weighted by atomic mass is 10.1. The molecule has 0 saturated heterocycles. The van der Waals surface area contributed by atoms with Gasteiger partial charge in [-0.2, -0.15) is 10.2 Å². The molecule has 3 rings (SSSR count). The quantitative estimate of drug-likeness (QED) is 0.469. The number of amides is 2. The van der Waals surface area contributed by atoms with E-state index in [2.05, 4.69) is 26.0 Å². The van der Waals surface area contributed by atoms with E-state index < -0.39 is 5.91 Å². The van der Waals surface area contributed by atoms with Crippen molar-refractivity contribution >= 4 is 18.0 Å². The third kappa shape index (κ3) is 4.41. The Bertz CT molecular complexity index is 904. The minimum absolute atomic E-state index is 0.165. The van der Waals surface area contributed by atoms with E-state index in [-0.39, 0.29) is 12.5 Å². The topological polar surface area (TPSA) is 99.2 Å². The van der Waals surface area contributed by atoms with Gasteiger partial charge in [0, 0.05) is 16.7 Å². The summed E-state index contributed by atoms with van der Waals surface area (Å²) in [6.07, 6.45) is 3.12. The number of nitrogens with zero attached hydrogens (tertiary/aromatic N) is 2. The van der Waals surface area contributed by atoms with E-state index in [1.165, 1.54) is 6.21 Å². The van der Waals surface area contributed by atoms with Crippen LogP contribution in [0.3, 0.4) is 0 Å². The van der Waals surface area contributed by atoms with Crippen LogP contribution < -0.4 is 10.7 Å². The number of aromatic nitrogens is 2. The van der Waals surface area contributed by atoms with E-state index in [1.807, 2.05) is 36.4 Å². The summed E-state index contributed by atoms with van der Waals surface area (Å²) in [6.45, 7) is -0.165. The van der Waals surface area contributed by atoms with Crippen LogP contribution >= 0.6 is 0 Å². The number of aromatic amines is 1. The Morgan fingerprint density at radius 3 is 2.46 bits per heavy atom. The van der Waals surface area contributed by atoms with Crippen molar-refractivity contribution in [1.82, 2.24) is 20.9 Å². The fourth-order valence-electron chi connectivity index (χ4n) is 2.29. The van der Waals surface area contributed by atoms with E-state index in [4.69, 9.17) is 0 Å². The summed E-state index contributed by atoms with van der Waals surface area (Å²) in [5.74, 6) is -0.735. The second kappa shape index (κ2) is 8.39. The zero-order chi connectivity index (χ0) is 18.2. The molecule has 0 radical (unpaired) electrons. The largest absolute Gasteiger partial charge is 0.343 e. The molecule has 1 heterocycles. The van der Waals surface area contributed by atoms with Crippen molar-refractivity contribution in [2.45, 2.75) is 0 Å². The van der Waals surface area contributed by atoms with Crippen LogP contribution in [0.25, 0.3) is 11.3 Å². The third-order valence-corrected chi connectivity index (χ3v) is 3.57. The molecule has 3 aromatic rings. The smallest absolute Gasteiger partial charge is 0.259 e. The maximum Gasteiger partial charge on any atom is 0.259 e. The monoisotopic (exact) mass is 347 g/mol. The molecule has 3 N–H and O–H groups in total. The van der Waals surface area contributed by atoms with Gasteiger partial charge in [-0.15, -0.1) is 0 Å². The SMILES string of the molecule is O=C(CNC(=O)c1ccccc1)N/N=C\c1cn[nH]c1-c1ccccc1. The summed E-state index contributed by atoms with van der Waals surface area (Å²) in [5.41, 5.74) is 5.39. The van der Waals surface area contributed by atoms with Crippen molar-refractivity contribution in [3.05, 3.63) is 78.0 Å². The Labute approximate surface area is 150 Å². The van der Waals surface area contributed by atoms with E-state index in [0.29, 0.717) is 5.56 Å². The number of hydrazone groups is 1. The molecule has 0 spiro atoms. The highest BCUT2D eigenvalue weighted by atomic mass is 16.2. The van der Waals surface area contributed by atoms with Gasteiger partial charge in [0.2, 0.25) is 0 Å². The average molecular weight is 347 g/mol. The van der Waals surface area contributed by atoms with Crippen LogP contribution in [0.1, 0.15) is 15.9 Å². The van der Waals surface area contributed by atoms with E-state index in [0.717, 1.165) is 16.8 Å². The molecule has 130 valence electrons. The summed E-state index contributed by atoms with van der Waals surface area (Å²) < 4.78 is 0. The summed E-state index contributed by atoms with van der Waals surface area (Å²) in [4.78, 5) is 23.7. The number of carbonyl (C=O) groups is 2. The maximum atomic E-state index is 11.9. The average Bonchev–Trinajstić information content (AvgIpc) is 3.16. The zero-order valence-corrected chi connectivity index (χ0v) is 13.8. The molecule has 0 aliphatic carbocycles. The second-order valence-corrected chi connectivity index (χ2v) is 5.41. The van der Waals surface area contributed by atoms with Crippen LogP contribution in [0.2, 0.25) is 0 Å². The van der Waals surface area contributed by atoms with Crippen LogP contribution in [-0.4, -0.2) is 34.8 Å². The highest BCUT2D eigenvalue weighted by molar-refractivity contribution is 5.96. The zero-order valence-electron chi connectivity index (χ0n) is 13.8. The Balaban J connectivity index is 1.52. The number of nitrogens with one attached hydrogen (secondary N) is 3. The summed E-state index contributed by atoms with van der Waals surface area (Å²) in [5, 5.41) is 13.4. The van der Waals surface area contributed by atoms with E-state index in [9.17, 15) is 9.59 Å². The molecule has 7 heteroatoms. The number of benzene rings is 2. The molecule has 0 fully saturated rings. The standard InChI is InChI=1S/C19H17N5O2/c25-17(13-20-19(26)15-9-5-2-6-10-15)23-21-11-16-12-22-24-18(16)14-7-3-1-4-8-14/h1-12H,13H2,(H,20,26)(H,22,24)(H,23,25)/b21-11-. The van der Waals surface area contributed by atoms with Crippen LogP contribution in [0, 0.1) is 0 Å². The highest BCUT2D eigenvalue weighted by Crippen LogP contribution is 2.18. The van der Waals surface area contributed by atoms with Crippen LogP contribution in [0.15, 0.2) is 72.0 Å². The lowest BCUT2D eigenvalue weighted by Gasteiger charge is -2.04. The molecule has 0 aliphatic heterocycles. The molecule has 0 saturated carbocycles. The molecular weight excluding hydrogens is 330 g/mol. The number of hydrogen-bond donors (Lipinski definition) is 3. The van der Waals surface area contributed by atoms with Crippen LogP contribution in [0.5, 0.6) is 0 Å². The molecule has 0 aliphatic rings. The molecule has 7 nitrogen and oxygen atoms in total. The van der Waals surface area contributed by atoms with Crippen molar-refractivity contribution in [3.63, 3.8) is 0 Å². The van der Waals surface area contributed by atoms with Gasteiger partial charge in [-0.3, -0.25) is 14.7 Å².